The Balaban J connectivity index is 2.46. The van der Waals surface area contributed by atoms with E-state index in [1.807, 2.05) is 32.0 Å². The van der Waals surface area contributed by atoms with E-state index in [1.54, 1.807) is 12.4 Å². The van der Waals surface area contributed by atoms with E-state index >= 15 is 0 Å². The summed E-state index contributed by atoms with van der Waals surface area (Å²) in [5.41, 5.74) is 7.24. The van der Waals surface area contributed by atoms with Crippen molar-refractivity contribution in [3.63, 3.8) is 0 Å². The number of rotatable bonds is 3. The highest BCUT2D eigenvalue weighted by molar-refractivity contribution is 5.98. The molecule has 0 radical (unpaired) electrons. The highest BCUT2D eigenvalue weighted by Crippen LogP contribution is 2.29. The van der Waals surface area contributed by atoms with E-state index < -0.39 is 5.54 Å². The molecule has 0 aliphatic heterocycles. The molecule has 0 aliphatic carbocycles. The van der Waals surface area contributed by atoms with E-state index in [0.717, 1.165) is 16.5 Å². The fourth-order valence-electron chi connectivity index (χ4n) is 1.71. The third kappa shape index (κ3) is 2.31. The van der Waals surface area contributed by atoms with Crippen molar-refractivity contribution in [2.24, 2.45) is 0 Å². The van der Waals surface area contributed by atoms with Crippen LogP contribution in [0, 0.1) is 0 Å². The van der Waals surface area contributed by atoms with E-state index in [0.29, 0.717) is 5.69 Å². The van der Waals surface area contributed by atoms with Gasteiger partial charge in [0.05, 0.1) is 23.5 Å². The molecule has 0 atom stereocenters. The lowest BCUT2D eigenvalue weighted by molar-refractivity contribution is 0.234. The van der Waals surface area contributed by atoms with Crippen LogP contribution >= 0.6 is 0 Å². The van der Waals surface area contributed by atoms with Gasteiger partial charge in [0.2, 0.25) is 0 Å². The largest absolute Gasteiger partial charge is 0.397 e. The van der Waals surface area contributed by atoms with Gasteiger partial charge in [0, 0.05) is 23.2 Å². The monoisotopic (exact) mass is 231 g/mol. The predicted molar refractivity (Wildman–Crippen MR) is 70.9 cm³/mol. The van der Waals surface area contributed by atoms with Crippen LogP contribution in [-0.2, 0) is 0 Å². The second kappa shape index (κ2) is 4.22. The molecule has 0 fully saturated rings. The first-order valence-electron chi connectivity index (χ1n) is 5.55. The zero-order chi connectivity index (χ0) is 12.5. The van der Waals surface area contributed by atoms with Gasteiger partial charge in [0.15, 0.2) is 0 Å². The van der Waals surface area contributed by atoms with Crippen molar-refractivity contribution in [2.75, 3.05) is 17.7 Å². The van der Waals surface area contributed by atoms with Gasteiger partial charge in [-0.2, -0.15) is 0 Å². The number of fused-ring (bicyclic) bond motifs is 1. The molecule has 0 saturated heterocycles. The summed E-state index contributed by atoms with van der Waals surface area (Å²) in [6.45, 7) is 3.88. The van der Waals surface area contributed by atoms with Crippen LogP contribution in [0.25, 0.3) is 10.8 Å². The van der Waals surface area contributed by atoms with E-state index in [4.69, 9.17) is 5.73 Å². The Labute approximate surface area is 100 Å². The highest BCUT2D eigenvalue weighted by atomic mass is 16.3. The van der Waals surface area contributed by atoms with Crippen molar-refractivity contribution in [3.8, 4) is 0 Å². The van der Waals surface area contributed by atoms with Crippen LogP contribution in [-0.4, -0.2) is 22.2 Å². The van der Waals surface area contributed by atoms with E-state index in [1.165, 1.54) is 0 Å². The highest BCUT2D eigenvalue weighted by Gasteiger charge is 2.17. The Morgan fingerprint density at radius 1 is 1.35 bits per heavy atom. The number of pyridine rings is 1. The third-order valence-electron chi connectivity index (χ3n) is 2.73. The summed E-state index contributed by atoms with van der Waals surface area (Å²) in [6.07, 6.45) is 3.51. The summed E-state index contributed by atoms with van der Waals surface area (Å²) in [6, 6.07) is 5.77. The summed E-state index contributed by atoms with van der Waals surface area (Å²) < 4.78 is 0. The van der Waals surface area contributed by atoms with Crippen molar-refractivity contribution >= 4 is 22.1 Å². The number of hydrogen-bond acceptors (Lipinski definition) is 4. The van der Waals surface area contributed by atoms with Gasteiger partial charge in [-0.1, -0.05) is 6.07 Å². The molecule has 90 valence electrons. The molecule has 0 spiro atoms. The Kier molecular flexibility index (Phi) is 2.90. The van der Waals surface area contributed by atoms with Crippen LogP contribution in [0.3, 0.4) is 0 Å². The Morgan fingerprint density at radius 3 is 2.82 bits per heavy atom. The fraction of sp³-hybridized carbons (Fsp3) is 0.308. The minimum atomic E-state index is -0.394. The van der Waals surface area contributed by atoms with Gasteiger partial charge in [-0.15, -0.1) is 0 Å². The van der Waals surface area contributed by atoms with Crippen molar-refractivity contribution in [2.45, 2.75) is 19.4 Å². The summed E-state index contributed by atoms with van der Waals surface area (Å²) in [7, 11) is 0. The standard InChI is InChI=1S/C13H17N3O/c1-13(2,8-17)16-11-4-3-9-7-15-6-5-10(9)12(11)14/h3-7,16-17H,8,14H2,1-2H3. The normalized spacial score (nSPS) is 11.7. The molecule has 0 aliphatic rings. The molecule has 1 aromatic carbocycles. The second-order valence-corrected chi connectivity index (χ2v) is 4.79. The van der Waals surface area contributed by atoms with Crippen molar-refractivity contribution in [1.82, 2.24) is 4.98 Å². The molecule has 4 heteroatoms. The number of hydrogen-bond donors (Lipinski definition) is 3. The smallest absolute Gasteiger partial charge is 0.0656 e. The number of aliphatic hydroxyl groups is 1. The third-order valence-corrected chi connectivity index (χ3v) is 2.73. The van der Waals surface area contributed by atoms with Crippen molar-refractivity contribution < 1.29 is 5.11 Å². The van der Waals surface area contributed by atoms with Gasteiger partial charge in [0.1, 0.15) is 0 Å². The Bertz CT molecular complexity index is 537. The summed E-state index contributed by atoms with van der Waals surface area (Å²) in [5, 5.41) is 14.5. The molecule has 4 N–H and O–H groups in total. The summed E-state index contributed by atoms with van der Waals surface area (Å²) >= 11 is 0. The molecule has 2 rings (SSSR count). The molecule has 0 bridgehead atoms. The predicted octanol–water partition coefficient (Wildman–Crippen LogP) is 2.00. The van der Waals surface area contributed by atoms with Gasteiger partial charge in [-0.25, -0.2) is 0 Å². The van der Waals surface area contributed by atoms with Crippen LogP contribution in [0.2, 0.25) is 0 Å². The van der Waals surface area contributed by atoms with E-state index in [-0.39, 0.29) is 6.61 Å². The number of aromatic nitrogens is 1. The van der Waals surface area contributed by atoms with Crippen LogP contribution in [0.15, 0.2) is 30.6 Å². The first kappa shape index (κ1) is 11.7. The van der Waals surface area contributed by atoms with Crippen molar-refractivity contribution in [1.29, 1.82) is 0 Å². The molecular formula is C13H17N3O. The van der Waals surface area contributed by atoms with Crippen LogP contribution in [0.5, 0.6) is 0 Å². The van der Waals surface area contributed by atoms with E-state index in [2.05, 4.69) is 10.3 Å². The number of benzene rings is 1. The molecule has 0 saturated carbocycles. The molecule has 1 aromatic heterocycles. The minimum absolute atomic E-state index is 0.0425. The zero-order valence-corrected chi connectivity index (χ0v) is 10.1. The molecule has 17 heavy (non-hydrogen) atoms. The lowest BCUT2D eigenvalue weighted by atomic mass is 10.0. The summed E-state index contributed by atoms with van der Waals surface area (Å²) in [5.74, 6) is 0. The average Bonchev–Trinajstić information content (AvgIpc) is 2.33. The van der Waals surface area contributed by atoms with Crippen LogP contribution in [0.1, 0.15) is 13.8 Å². The number of aliphatic hydroxyl groups excluding tert-OH is 1. The van der Waals surface area contributed by atoms with Gasteiger partial charge in [-0.05, 0) is 26.0 Å². The van der Waals surface area contributed by atoms with E-state index in [9.17, 15) is 5.11 Å². The minimum Gasteiger partial charge on any atom is -0.397 e. The number of nitrogen functional groups attached to an aromatic ring is 1. The molecule has 4 nitrogen and oxygen atoms in total. The SMILES string of the molecule is CC(C)(CO)Nc1ccc2cnccc2c1N. The zero-order valence-electron chi connectivity index (χ0n) is 10.1. The molecule has 0 unspecified atom stereocenters. The topological polar surface area (TPSA) is 71.2 Å². The Hall–Kier alpha value is -1.81. The lowest BCUT2D eigenvalue weighted by Crippen LogP contribution is -2.35. The maximum absolute atomic E-state index is 9.25. The van der Waals surface area contributed by atoms with Gasteiger partial charge >= 0.3 is 0 Å². The van der Waals surface area contributed by atoms with Crippen LogP contribution < -0.4 is 11.1 Å². The average molecular weight is 231 g/mol. The summed E-state index contributed by atoms with van der Waals surface area (Å²) in [4.78, 5) is 4.06. The maximum Gasteiger partial charge on any atom is 0.0656 e. The molecular weight excluding hydrogens is 214 g/mol. The number of nitrogens with one attached hydrogen (secondary N) is 1. The Morgan fingerprint density at radius 2 is 2.12 bits per heavy atom. The molecule has 2 aromatic rings. The fourth-order valence-corrected chi connectivity index (χ4v) is 1.71. The number of anilines is 2. The number of nitrogens with two attached hydrogens (primary N) is 1. The first-order valence-corrected chi connectivity index (χ1v) is 5.55. The lowest BCUT2D eigenvalue weighted by Gasteiger charge is -2.26. The number of nitrogens with zero attached hydrogens (tertiary/aromatic N) is 1. The molecule has 1 heterocycles. The van der Waals surface area contributed by atoms with Gasteiger partial charge in [0.25, 0.3) is 0 Å². The second-order valence-electron chi connectivity index (χ2n) is 4.79. The maximum atomic E-state index is 9.25. The van der Waals surface area contributed by atoms with Gasteiger partial charge < -0.3 is 16.2 Å². The quantitative estimate of drug-likeness (QED) is 0.706. The van der Waals surface area contributed by atoms with Gasteiger partial charge in [-0.3, -0.25) is 4.98 Å². The van der Waals surface area contributed by atoms with Crippen LogP contribution in [0.4, 0.5) is 11.4 Å². The molecule has 0 amide bonds. The first-order chi connectivity index (χ1) is 8.03. The van der Waals surface area contributed by atoms with Crippen molar-refractivity contribution in [3.05, 3.63) is 30.6 Å².